The second kappa shape index (κ2) is 22.9. The molecule has 0 aromatic rings. The summed E-state index contributed by atoms with van der Waals surface area (Å²) in [6, 6.07) is 0. The molecule has 0 fully saturated rings. The lowest BCUT2D eigenvalue weighted by Gasteiger charge is -2.19. The third kappa shape index (κ3) is 22.7. The molecule has 5 N–H and O–H groups in total. The van der Waals surface area contributed by atoms with E-state index < -0.39 is 12.2 Å². The van der Waals surface area contributed by atoms with Crippen LogP contribution in [-0.2, 0) is 0 Å². The highest BCUT2D eigenvalue weighted by Gasteiger charge is 2.07. The number of rotatable bonds is 22. The summed E-state index contributed by atoms with van der Waals surface area (Å²) in [5.41, 5.74) is 0.894. The van der Waals surface area contributed by atoms with Crippen molar-refractivity contribution >= 4 is 18.1 Å². The zero-order valence-corrected chi connectivity index (χ0v) is 20.8. The lowest BCUT2D eigenvalue weighted by Crippen LogP contribution is -2.32. The maximum absolute atomic E-state index is 9.39. The number of aliphatic hydroxyl groups is 4. The van der Waals surface area contributed by atoms with E-state index in [-0.39, 0.29) is 25.6 Å². The number of unbranched alkanes of at least 4 members (excludes halogenated alkanes) is 8. The van der Waals surface area contributed by atoms with Gasteiger partial charge < -0.3 is 35.6 Å². The Morgan fingerprint density at radius 1 is 0.645 bits per heavy atom. The fourth-order valence-electron chi connectivity index (χ4n) is 3.64. The number of hydrogen-bond acceptors (Lipinski definition) is 7. The molecule has 0 saturated carbocycles. The number of aliphatic hydroxyl groups excluding tert-OH is 4. The molecule has 0 radical (unpaired) electrons. The maximum Gasteiger partial charge on any atom is 0.0897 e. The predicted octanol–water partition coefficient (Wildman–Crippen LogP) is 2.68. The van der Waals surface area contributed by atoms with Gasteiger partial charge in [-0.15, -0.1) is 12.4 Å². The minimum absolute atomic E-state index is 0. The third-order valence-corrected chi connectivity index (χ3v) is 5.50. The van der Waals surface area contributed by atoms with Gasteiger partial charge in [0.1, 0.15) is 0 Å². The van der Waals surface area contributed by atoms with E-state index in [2.05, 4.69) is 9.80 Å². The van der Waals surface area contributed by atoms with E-state index in [4.69, 9.17) is 15.6 Å². The van der Waals surface area contributed by atoms with E-state index in [0.29, 0.717) is 13.1 Å². The Hall–Kier alpha value is -0.280. The molecule has 2 unspecified atom stereocenters. The SMILES string of the molecule is CN(CCCCCCCC(=N)CCCCCCCN(C)CC(O)CO)CC(O)CO.Cl. The third-order valence-electron chi connectivity index (χ3n) is 5.50. The Kier molecular flexibility index (Phi) is 24.3. The van der Waals surface area contributed by atoms with E-state index >= 15 is 0 Å². The largest absolute Gasteiger partial charge is 0.394 e. The van der Waals surface area contributed by atoms with Gasteiger partial charge in [0.2, 0.25) is 0 Å². The number of nitrogens with one attached hydrogen (secondary N) is 1. The van der Waals surface area contributed by atoms with Gasteiger partial charge in [0.25, 0.3) is 0 Å². The van der Waals surface area contributed by atoms with Crippen LogP contribution in [-0.4, -0.2) is 102 Å². The molecule has 0 amide bonds. The number of nitrogens with zero attached hydrogens (tertiary/aromatic N) is 2. The van der Waals surface area contributed by atoms with Gasteiger partial charge in [0, 0.05) is 18.8 Å². The molecule has 0 heterocycles. The monoisotopic (exact) mass is 467 g/mol. The molecule has 7 nitrogen and oxygen atoms in total. The van der Waals surface area contributed by atoms with Crippen LogP contribution in [0.25, 0.3) is 0 Å². The molecular formula is C23H50ClN3O4. The smallest absolute Gasteiger partial charge is 0.0897 e. The first-order chi connectivity index (χ1) is 14.4. The summed E-state index contributed by atoms with van der Waals surface area (Å²) in [6.07, 6.45) is 12.2. The van der Waals surface area contributed by atoms with Crippen molar-refractivity contribution in [3.05, 3.63) is 0 Å². The Bertz CT molecular complexity index is 371. The Balaban J connectivity index is 0. The van der Waals surface area contributed by atoms with E-state index in [9.17, 15) is 10.2 Å². The normalized spacial score (nSPS) is 13.4. The van der Waals surface area contributed by atoms with Crippen molar-refractivity contribution in [3.8, 4) is 0 Å². The van der Waals surface area contributed by atoms with Gasteiger partial charge in [-0.25, -0.2) is 0 Å². The van der Waals surface area contributed by atoms with Gasteiger partial charge in [-0.2, -0.15) is 0 Å². The number of likely N-dealkylation sites (N-methyl/N-ethyl adjacent to an activating group) is 2. The van der Waals surface area contributed by atoms with Crippen LogP contribution in [0.3, 0.4) is 0 Å². The summed E-state index contributed by atoms with van der Waals surface area (Å²) >= 11 is 0. The van der Waals surface area contributed by atoms with E-state index in [1.165, 1.54) is 38.5 Å². The predicted molar refractivity (Wildman–Crippen MR) is 132 cm³/mol. The Labute approximate surface area is 196 Å². The van der Waals surface area contributed by atoms with Crippen LogP contribution in [0.1, 0.15) is 77.0 Å². The molecule has 2 atom stereocenters. The van der Waals surface area contributed by atoms with Crippen molar-refractivity contribution in [3.63, 3.8) is 0 Å². The zero-order chi connectivity index (χ0) is 22.6. The standard InChI is InChI=1S/C23H49N3O4.ClH/c1-25(17-22(29)19-27)15-11-7-3-5-9-13-21(24)14-10-6-4-8-12-16-26(2)18-23(30)20-28;/h22-24,27-30H,3-20H2,1-2H3;1H. The lowest BCUT2D eigenvalue weighted by molar-refractivity contribution is 0.0661. The molecule has 0 bridgehead atoms. The van der Waals surface area contributed by atoms with Gasteiger partial charge >= 0.3 is 0 Å². The average molecular weight is 468 g/mol. The second-order valence-corrected chi connectivity index (χ2v) is 8.84. The molecule has 0 spiro atoms. The van der Waals surface area contributed by atoms with Gasteiger partial charge in [-0.3, -0.25) is 0 Å². The van der Waals surface area contributed by atoms with Crippen LogP contribution >= 0.6 is 12.4 Å². The summed E-state index contributed by atoms with van der Waals surface area (Å²) in [5.74, 6) is 0. The van der Waals surface area contributed by atoms with Crippen LogP contribution < -0.4 is 0 Å². The van der Waals surface area contributed by atoms with Gasteiger partial charge in [0.15, 0.2) is 0 Å². The van der Waals surface area contributed by atoms with Crippen molar-refractivity contribution in [1.82, 2.24) is 9.80 Å². The van der Waals surface area contributed by atoms with E-state index in [0.717, 1.165) is 57.3 Å². The van der Waals surface area contributed by atoms with Crippen molar-refractivity contribution in [1.29, 1.82) is 5.41 Å². The summed E-state index contributed by atoms with van der Waals surface area (Å²) in [4.78, 5) is 4.13. The molecule has 188 valence electrons. The summed E-state index contributed by atoms with van der Waals surface area (Å²) in [7, 11) is 3.95. The van der Waals surface area contributed by atoms with Crippen molar-refractivity contribution in [2.45, 2.75) is 89.3 Å². The minimum Gasteiger partial charge on any atom is -0.394 e. The number of hydrogen-bond donors (Lipinski definition) is 5. The van der Waals surface area contributed by atoms with Crippen LogP contribution in [0.4, 0.5) is 0 Å². The fourth-order valence-corrected chi connectivity index (χ4v) is 3.64. The highest BCUT2D eigenvalue weighted by molar-refractivity contribution is 5.85. The summed E-state index contributed by atoms with van der Waals surface area (Å²) in [5, 5.41) is 44.6. The van der Waals surface area contributed by atoms with Gasteiger partial charge in [-0.1, -0.05) is 38.5 Å². The molecule has 0 aliphatic heterocycles. The second-order valence-electron chi connectivity index (χ2n) is 8.84. The van der Waals surface area contributed by atoms with Crippen LogP contribution in [0.15, 0.2) is 0 Å². The molecule has 0 aliphatic carbocycles. The van der Waals surface area contributed by atoms with Gasteiger partial charge in [-0.05, 0) is 65.7 Å². The van der Waals surface area contributed by atoms with Crippen molar-refractivity contribution in [2.75, 3.05) is 53.5 Å². The molecular weight excluding hydrogens is 418 g/mol. The molecule has 0 rings (SSSR count). The summed E-state index contributed by atoms with van der Waals surface area (Å²) < 4.78 is 0. The highest BCUT2D eigenvalue weighted by atomic mass is 35.5. The molecule has 0 saturated heterocycles. The zero-order valence-electron chi connectivity index (χ0n) is 20.0. The van der Waals surface area contributed by atoms with E-state index in [1.807, 2.05) is 14.1 Å². The molecule has 8 heteroatoms. The lowest BCUT2D eigenvalue weighted by atomic mass is 10.0. The summed E-state index contributed by atoms with van der Waals surface area (Å²) in [6.45, 7) is 2.61. The quantitative estimate of drug-likeness (QED) is 0.124. The van der Waals surface area contributed by atoms with E-state index in [1.54, 1.807) is 0 Å². The van der Waals surface area contributed by atoms with Crippen LogP contribution in [0.2, 0.25) is 0 Å². The van der Waals surface area contributed by atoms with Gasteiger partial charge in [0.05, 0.1) is 25.4 Å². The topological polar surface area (TPSA) is 111 Å². The molecule has 0 aromatic heterocycles. The fraction of sp³-hybridized carbons (Fsp3) is 0.957. The van der Waals surface area contributed by atoms with Crippen molar-refractivity contribution in [2.24, 2.45) is 0 Å². The Morgan fingerprint density at radius 2 is 0.968 bits per heavy atom. The average Bonchev–Trinajstić information content (AvgIpc) is 2.71. The van der Waals surface area contributed by atoms with Crippen molar-refractivity contribution < 1.29 is 20.4 Å². The molecule has 0 aliphatic rings. The molecule has 0 aromatic carbocycles. The minimum atomic E-state index is -0.639. The van der Waals surface area contributed by atoms with Crippen LogP contribution in [0, 0.1) is 5.41 Å². The number of halogens is 1. The first kappa shape index (κ1) is 32.9. The first-order valence-electron chi connectivity index (χ1n) is 11.9. The van der Waals surface area contributed by atoms with Crippen LogP contribution in [0.5, 0.6) is 0 Å². The molecule has 31 heavy (non-hydrogen) atoms. The first-order valence-corrected chi connectivity index (χ1v) is 11.9. The Morgan fingerprint density at radius 3 is 1.32 bits per heavy atom. The highest BCUT2D eigenvalue weighted by Crippen LogP contribution is 2.11. The maximum atomic E-state index is 9.39.